The highest BCUT2D eigenvalue weighted by molar-refractivity contribution is 6.33. The third-order valence-corrected chi connectivity index (χ3v) is 6.19. The summed E-state index contributed by atoms with van der Waals surface area (Å²) in [4.78, 5) is 44.1. The fourth-order valence-electron chi connectivity index (χ4n) is 4.63. The molecule has 2 aromatic heterocycles. The summed E-state index contributed by atoms with van der Waals surface area (Å²) in [5.41, 5.74) is -0.0852. The first kappa shape index (κ1) is 20.2. The fraction of sp³-hybridized carbons (Fsp3) is 0.261. The third-order valence-electron chi connectivity index (χ3n) is 6.19. The number of phenols is 2. The lowest BCUT2D eigenvalue weighted by molar-refractivity contribution is 0.0614. The lowest BCUT2D eigenvalue weighted by atomic mass is 9.85. The van der Waals surface area contributed by atoms with Crippen molar-refractivity contribution in [1.29, 1.82) is 0 Å². The zero-order chi connectivity index (χ0) is 22.6. The molecule has 0 unspecified atom stereocenters. The van der Waals surface area contributed by atoms with Gasteiger partial charge in [-0.25, -0.2) is 0 Å². The predicted octanol–water partition coefficient (Wildman–Crippen LogP) is 0.876. The standard InChI is InChI=1S/C23H21N3O6/c27-12-11-24-7-9-25(10-8-24)23(32)16-13-3-1-2-6-26(13)20-19(16)21(30)17-14(28)4-5-15(29)18(17)22(20)31/h1-6,27-29H,7-12H2. The summed E-state index contributed by atoms with van der Waals surface area (Å²) in [6, 6.07) is 7.39. The van der Waals surface area contributed by atoms with E-state index in [1.165, 1.54) is 4.40 Å². The minimum atomic E-state index is -0.672. The van der Waals surface area contributed by atoms with Crippen molar-refractivity contribution in [2.75, 3.05) is 39.3 Å². The zero-order valence-corrected chi connectivity index (χ0v) is 17.1. The number of hydrogen-bond acceptors (Lipinski definition) is 7. The molecule has 2 aliphatic rings. The fourth-order valence-corrected chi connectivity index (χ4v) is 4.63. The van der Waals surface area contributed by atoms with E-state index in [4.69, 9.17) is 5.11 Å². The van der Waals surface area contributed by atoms with Crippen LogP contribution >= 0.6 is 0 Å². The van der Waals surface area contributed by atoms with E-state index in [-0.39, 0.29) is 40.5 Å². The monoisotopic (exact) mass is 435 g/mol. The van der Waals surface area contributed by atoms with Crippen molar-refractivity contribution >= 4 is 23.0 Å². The molecule has 5 rings (SSSR count). The molecule has 1 aliphatic carbocycles. The molecule has 1 aliphatic heterocycles. The summed E-state index contributed by atoms with van der Waals surface area (Å²) in [5.74, 6) is -2.50. The predicted molar refractivity (Wildman–Crippen MR) is 113 cm³/mol. The Hall–Kier alpha value is -3.69. The van der Waals surface area contributed by atoms with Crippen molar-refractivity contribution < 1.29 is 29.7 Å². The number of hydrogen-bond donors (Lipinski definition) is 3. The van der Waals surface area contributed by atoms with E-state index in [0.29, 0.717) is 38.2 Å². The first-order valence-electron chi connectivity index (χ1n) is 10.3. The molecule has 1 amide bonds. The van der Waals surface area contributed by atoms with Crippen molar-refractivity contribution in [1.82, 2.24) is 14.2 Å². The molecule has 3 N–H and O–H groups in total. The minimum Gasteiger partial charge on any atom is -0.507 e. The number of carbonyl (C=O) groups excluding carboxylic acids is 3. The highest BCUT2D eigenvalue weighted by Gasteiger charge is 2.41. The van der Waals surface area contributed by atoms with Gasteiger partial charge in [-0.3, -0.25) is 19.3 Å². The Morgan fingerprint density at radius 3 is 2.19 bits per heavy atom. The average Bonchev–Trinajstić information content (AvgIpc) is 3.15. The van der Waals surface area contributed by atoms with E-state index < -0.39 is 23.1 Å². The van der Waals surface area contributed by atoms with Crippen LogP contribution in [0.15, 0.2) is 36.5 Å². The number of aliphatic hydroxyl groups excluding tert-OH is 1. The van der Waals surface area contributed by atoms with Gasteiger partial charge in [-0.2, -0.15) is 0 Å². The molecule has 0 bridgehead atoms. The summed E-state index contributed by atoms with van der Waals surface area (Å²) in [5, 5.41) is 29.7. The van der Waals surface area contributed by atoms with E-state index in [1.54, 1.807) is 29.3 Å². The van der Waals surface area contributed by atoms with Crippen molar-refractivity contribution in [3.63, 3.8) is 0 Å². The molecule has 0 saturated carbocycles. The van der Waals surface area contributed by atoms with Crippen LogP contribution < -0.4 is 0 Å². The Balaban J connectivity index is 1.67. The second-order valence-corrected chi connectivity index (χ2v) is 7.92. The maximum absolute atomic E-state index is 13.6. The van der Waals surface area contributed by atoms with Gasteiger partial charge in [0.25, 0.3) is 5.91 Å². The van der Waals surface area contributed by atoms with Crippen molar-refractivity contribution in [3.8, 4) is 11.5 Å². The first-order chi connectivity index (χ1) is 15.4. The molecule has 1 aromatic carbocycles. The topological polar surface area (TPSA) is 123 Å². The SMILES string of the molecule is O=C1c2c(O)ccc(O)c2C(=O)c2c1c(C(=O)N1CCN(CCO)CC1)c1ccccn21. The molecule has 1 saturated heterocycles. The number of β-amino-alcohol motifs (C(OH)–C–C–N with tert-alkyl or cyclic N) is 1. The smallest absolute Gasteiger partial charge is 0.256 e. The maximum atomic E-state index is 13.6. The number of aromatic nitrogens is 1. The van der Waals surface area contributed by atoms with Crippen molar-refractivity contribution in [2.24, 2.45) is 0 Å². The summed E-state index contributed by atoms with van der Waals surface area (Å²) in [6.45, 7) is 2.58. The van der Waals surface area contributed by atoms with E-state index in [2.05, 4.69) is 0 Å². The van der Waals surface area contributed by atoms with E-state index >= 15 is 0 Å². The lowest BCUT2D eigenvalue weighted by Crippen LogP contribution is -2.49. The number of aliphatic hydroxyl groups is 1. The Labute approximate surface area is 182 Å². The van der Waals surface area contributed by atoms with Crippen LogP contribution in [0.5, 0.6) is 11.5 Å². The molecule has 0 radical (unpaired) electrons. The van der Waals surface area contributed by atoms with Gasteiger partial charge < -0.3 is 24.6 Å². The van der Waals surface area contributed by atoms with Gasteiger partial charge in [0.05, 0.1) is 34.4 Å². The Kier molecular flexibility index (Phi) is 4.72. The van der Waals surface area contributed by atoms with Crippen LogP contribution in [0, 0.1) is 0 Å². The van der Waals surface area contributed by atoms with Crippen LogP contribution in [0.25, 0.3) is 5.52 Å². The van der Waals surface area contributed by atoms with E-state index in [1.807, 2.05) is 4.90 Å². The number of ketones is 2. The van der Waals surface area contributed by atoms with Crippen LogP contribution in [0.2, 0.25) is 0 Å². The molecular weight excluding hydrogens is 414 g/mol. The second kappa shape index (κ2) is 7.47. The minimum absolute atomic E-state index is 0.00117. The number of piperazine rings is 1. The number of benzene rings is 1. The summed E-state index contributed by atoms with van der Waals surface area (Å²) in [7, 11) is 0. The van der Waals surface area contributed by atoms with Gasteiger partial charge in [0.2, 0.25) is 11.6 Å². The number of amides is 1. The van der Waals surface area contributed by atoms with Gasteiger partial charge >= 0.3 is 0 Å². The third kappa shape index (κ3) is 2.82. The van der Waals surface area contributed by atoms with Crippen molar-refractivity contribution in [2.45, 2.75) is 0 Å². The highest BCUT2D eigenvalue weighted by Crippen LogP contribution is 2.40. The Bertz CT molecular complexity index is 1290. The largest absolute Gasteiger partial charge is 0.507 e. The number of phenolic OH excluding ortho intramolecular Hbond substituents is 2. The van der Waals surface area contributed by atoms with Gasteiger partial charge in [0.15, 0.2) is 0 Å². The van der Waals surface area contributed by atoms with E-state index in [0.717, 1.165) is 12.1 Å². The van der Waals surface area contributed by atoms with Gasteiger partial charge in [-0.05, 0) is 24.3 Å². The number of fused-ring (bicyclic) bond motifs is 4. The van der Waals surface area contributed by atoms with Gasteiger partial charge in [0, 0.05) is 38.9 Å². The number of pyridine rings is 1. The van der Waals surface area contributed by atoms with Crippen LogP contribution in [-0.2, 0) is 0 Å². The molecule has 164 valence electrons. The normalized spacial score (nSPS) is 16.3. The Morgan fingerprint density at radius 2 is 1.53 bits per heavy atom. The molecule has 9 nitrogen and oxygen atoms in total. The highest BCUT2D eigenvalue weighted by atomic mass is 16.3. The van der Waals surface area contributed by atoms with Gasteiger partial charge in [-0.1, -0.05) is 6.07 Å². The molecule has 1 fully saturated rings. The maximum Gasteiger partial charge on any atom is 0.256 e. The summed E-state index contributed by atoms with van der Waals surface area (Å²) in [6.07, 6.45) is 1.60. The van der Waals surface area contributed by atoms with E-state index in [9.17, 15) is 24.6 Å². The zero-order valence-electron chi connectivity index (χ0n) is 17.1. The number of carbonyl (C=O) groups is 3. The van der Waals surface area contributed by atoms with Crippen LogP contribution in [0.1, 0.15) is 42.3 Å². The molecule has 9 heteroatoms. The van der Waals surface area contributed by atoms with Gasteiger partial charge in [0.1, 0.15) is 17.2 Å². The average molecular weight is 435 g/mol. The molecule has 0 atom stereocenters. The van der Waals surface area contributed by atoms with Gasteiger partial charge in [-0.15, -0.1) is 0 Å². The number of aromatic hydroxyl groups is 2. The van der Waals surface area contributed by atoms with Crippen LogP contribution in [0.3, 0.4) is 0 Å². The molecule has 3 heterocycles. The van der Waals surface area contributed by atoms with Crippen LogP contribution in [0.4, 0.5) is 0 Å². The number of nitrogens with zero attached hydrogens (tertiary/aromatic N) is 3. The summed E-state index contributed by atoms with van der Waals surface area (Å²) >= 11 is 0. The quantitative estimate of drug-likeness (QED) is 0.408. The Morgan fingerprint density at radius 1 is 0.875 bits per heavy atom. The molecular formula is C23H21N3O6. The molecule has 3 aromatic rings. The number of rotatable bonds is 3. The second-order valence-electron chi connectivity index (χ2n) is 7.92. The van der Waals surface area contributed by atoms with Crippen LogP contribution in [-0.4, -0.2) is 86.3 Å². The first-order valence-corrected chi connectivity index (χ1v) is 10.3. The lowest BCUT2D eigenvalue weighted by Gasteiger charge is -2.34. The summed E-state index contributed by atoms with van der Waals surface area (Å²) < 4.78 is 1.50. The molecule has 0 spiro atoms. The molecule has 32 heavy (non-hydrogen) atoms. The van der Waals surface area contributed by atoms with Crippen molar-refractivity contribution in [3.05, 3.63) is 64.5 Å².